The van der Waals surface area contributed by atoms with Crippen LogP contribution >= 0.6 is 0 Å². The van der Waals surface area contributed by atoms with Gasteiger partial charge in [0, 0.05) is 26.7 Å². The minimum absolute atomic E-state index is 0.0412. The highest BCUT2D eigenvalue weighted by atomic mass is 16.7. The number of carbonyl (C=O) groups is 3. The number of hydrogen-bond acceptors (Lipinski definition) is 7. The van der Waals surface area contributed by atoms with E-state index < -0.39 is 36.4 Å². The van der Waals surface area contributed by atoms with Gasteiger partial charge < -0.3 is 18.9 Å². The van der Waals surface area contributed by atoms with Gasteiger partial charge in [0.05, 0.1) is 6.10 Å². The molecule has 1 aliphatic heterocycles. The molecule has 0 radical (unpaired) electrons. The Balaban J connectivity index is 2.84. The van der Waals surface area contributed by atoms with E-state index in [1.807, 2.05) is 13.8 Å². The van der Waals surface area contributed by atoms with Crippen molar-refractivity contribution < 1.29 is 33.3 Å². The molecule has 1 fully saturated rings. The quantitative estimate of drug-likeness (QED) is 0.566. The summed E-state index contributed by atoms with van der Waals surface area (Å²) in [6, 6.07) is 0. The Kier molecular flexibility index (Phi) is 6.14. The average molecular weight is 302 g/mol. The molecule has 7 heteroatoms. The van der Waals surface area contributed by atoms with Crippen LogP contribution in [0.1, 0.15) is 34.6 Å². The molecule has 21 heavy (non-hydrogen) atoms. The molecule has 2 unspecified atom stereocenters. The van der Waals surface area contributed by atoms with Crippen LogP contribution in [0, 0.1) is 11.8 Å². The molecule has 0 aromatic carbocycles. The average Bonchev–Trinajstić information content (AvgIpc) is 2.35. The minimum Gasteiger partial charge on any atom is -0.463 e. The van der Waals surface area contributed by atoms with Crippen LogP contribution in [0.15, 0.2) is 0 Å². The van der Waals surface area contributed by atoms with Crippen molar-refractivity contribution in [2.45, 2.75) is 53.1 Å². The van der Waals surface area contributed by atoms with Crippen LogP contribution in [0.4, 0.5) is 0 Å². The maximum Gasteiger partial charge on any atom is 0.305 e. The van der Waals surface area contributed by atoms with Crippen LogP contribution in [0.5, 0.6) is 0 Å². The highest BCUT2D eigenvalue weighted by molar-refractivity contribution is 5.67. The zero-order valence-electron chi connectivity index (χ0n) is 13.0. The summed E-state index contributed by atoms with van der Waals surface area (Å²) in [5.41, 5.74) is 0. The van der Waals surface area contributed by atoms with Gasteiger partial charge in [0.15, 0.2) is 6.10 Å². The molecule has 1 heterocycles. The van der Waals surface area contributed by atoms with Gasteiger partial charge in [-0.2, -0.15) is 0 Å². The molecule has 0 aromatic heterocycles. The third kappa shape index (κ3) is 5.00. The smallest absolute Gasteiger partial charge is 0.305 e. The monoisotopic (exact) mass is 302 g/mol. The molecule has 1 aliphatic rings. The lowest BCUT2D eigenvalue weighted by molar-refractivity contribution is -0.271. The molecular formula is C14H22O7. The van der Waals surface area contributed by atoms with Crippen LogP contribution in [-0.2, 0) is 33.3 Å². The van der Waals surface area contributed by atoms with Crippen LogP contribution in [-0.4, -0.2) is 43.0 Å². The van der Waals surface area contributed by atoms with Gasteiger partial charge in [-0.3, -0.25) is 14.4 Å². The molecule has 7 nitrogen and oxygen atoms in total. The van der Waals surface area contributed by atoms with Crippen LogP contribution in [0.25, 0.3) is 0 Å². The topological polar surface area (TPSA) is 88.1 Å². The van der Waals surface area contributed by atoms with Crippen molar-refractivity contribution in [3.8, 4) is 0 Å². The van der Waals surface area contributed by atoms with Crippen molar-refractivity contribution in [1.82, 2.24) is 0 Å². The van der Waals surface area contributed by atoms with Crippen LogP contribution < -0.4 is 0 Å². The zero-order chi connectivity index (χ0) is 16.2. The third-order valence-corrected chi connectivity index (χ3v) is 3.55. The summed E-state index contributed by atoms with van der Waals surface area (Å²) in [5.74, 6) is -1.58. The van der Waals surface area contributed by atoms with Crippen LogP contribution in [0.2, 0.25) is 0 Å². The highest BCUT2D eigenvalue weighted by Crippen LogP contribution is 2.33. The maximum atomic E-state index is 11.2. The van der Waals surface area contributed by atoms with Crippen LogP contribution in [0.3, 0.4) is 0 Å². The Bertz CT molecular complexity index is 404. The van der Waals surface area contributed by atoms with Crippen molar-refractivity contribution in [3.63, 3.8) is 0 Å². The first-order valence-electron chi connectivity index (χ1n) is 6.85. The molecule has 1 rings (SSSR count). The van der Waals surface area contributed by atoms with Crippen molar-refractivity contribution in [2.75, 3.05) is 6.61 Å². The van der Waals surface area contributed by atoms with Gasteiger partial charge >= 0.3 is 17.9 Å². The first-order chi connectivity index (χ1) is 9.72. The largest absolute Gasteiger partial charge is 0.463 e. The lowest BCUT2D eigenvalue weighted by Crippen LogP contribution is -2.53. The standard InChI is InChI=1S/C14H22O7/c1-7-8(2)13(19-10(4)16)14(20-11(5)17)21-12(7)6-18-9(3)15/h7-8,12-14H,6H2,1-5H3/t7-,8?,12?,13-,14+/m0/s1. The second-order valence-electron chi connectivity index (χ2n) is 5.25. The summed E-state index contributed by atoms with van der Waals surface area (Å²) >= 11 is 0. The van der Waals surface area contributed by atoms with E-state index in [9.17, 15) is 14.4 Å². The molecular weight excluding hydrogens is 280 g/mol. The fourth-order valence-corrected chi connectivity index (χ4v) is 2.26. The van der Waals surface area contributed by atoms with Gasteiger partial charge in [-0.05, 0) is 5.92 Å². The van der Waals surface area contributed by atoms with E-state index in [1.165, 1.54) is 20.8 Å². The second-order valence-corrected chi connectivity index (χ2v) is 5.25. The van der Waals surface area contributed by atoms with Crippen molar-refractivity contribution in [1.29, 1.82) is 0 Å². The van der Waals surface area contributed by atoms with Gasteiger partial charge in [0.1, 0.15) is 6.61 Å². The van der Waals surface area contributed by atoms with Gasteiger partial charge in [-0.15, -0.1) is 0 Å². The Morgan fingerprint density at radius 2 is 1.48 bits per heavy atom. The molecule has 0 aliphatic carbocycles. The predicted molar refractivity (Wildman–Crippen MR) is 70.9 cm³/mol. The summed E-state index contributed by atoms with van der Waals surface area (Å²) in [5, 5.41) is 0. The van der Waals surface area contributed by atoms with Gasteiger partial charge in [0.25, 0.3) is 0 Å². The molecule has 0 spiro atoms. The summed E-state index contributed by atoms with van der Waals surface area (Å²) < 4.78 is 20.9. The Hall–Kier alpha value is -1.63. The number of rotatable bonds is 4. The van der Waals surface area contributed by atoms with E-state index in [0.29, 0.717) is 0 Å². The minimum atomic E-state index is -1.00. The zero-order valence-corrected chi connectivity index (χ0v) is 13.0. The maximum absolute atomic E-state index is 11.2. The number of ether oxygens (including phenoxy) is 4. The third-order valence-electron chi connectivity index (χ3n) is 3.55. The van der Waals surface area contributed by atoms with E-state index in [-0.39, 0.29) is 18.4 Å². The molecule has 1 saturated heterocycles. The Morgan fingerprint density at radius 1 is 0.905 bits per heavy atom. The van der Waals surface area contributed by atoms with Crippen molar-refractivity contribution >= 4 is 17.9 Å². The normalized spacial score (nSPS) is 32.1. The van der Waals surface area contributed by atoms with Gasteiger partial charge in [-0.25, -0.2) is 0 Å². The first-order valence-corrected chi connectivity index (χ1v) is 6.85. The van der Waals surface area contributed by atoms with Crippen molar-refractivity contribution in [2.24, 2.45) is 11.8 Å². The van der Waals surface area contributed by atoms with E-state index in [1.54, 1.807) is 0 Å². The fourth-order valence-electron chi connectivity index (χ4n) is 2.26. The van der Waals surface area contributed by atoms with E-state index in [2.05, 4.69) is 0 Å². The van der Waals surface area contributed by atoms with Gasteiger partial charge in [0.2, 0.25) is 6.29 Å². The first kappa shape index (κ1) is 17.4. The SMILES string of the molecule is CC(=O)OCC1O[C@@H](OC(C)=O)[C@@H](OC(C)=O)C(C)[C@@H]1C. The second kappa shape index (κ2) is 7.40. The van der Waals surface area contributed by atoms with Crippen molar-refractivity contribution in [3.05, 3.63) is 0 Å². The Morgan fingerprint density at radius 3 is 1.95 bits per heavy atom. The van der Waals surface area contributed by atoms with E-state index >= 15 is 0 Å². The van der Waals surface area contributed by atoms with E-state index in [4.69, 9.17) is 18.9 Å². The number of hydrogen-bond donors (Lipinski definition) is 0. The lowest BCUT2D eigenvalue weighted by Gasteiger charge is -2.42. The molecule has 0 aromatic rings. The number of esters is 3. The van der Waals surface area contributed by atoms with Gasteiger partial charge in [-0.1, -0.05) is 13.8 Å². The molecule has 0 saturated carbocycles. The summed E-state index contributed by atoms with van der Waals surface area (Å²) in [6.07, 6.45) is -2.12. The number of carbonyl (C=O) groups excluding carboxylic acids is 3. The molecule has 120 valence electrons. The molecule has 5 atom stereocenters. The molecule has 0 N–H and O–H groups in total. The lowest BCUT2D eigenvalue weighted by atomic mass is 9.83. The van der Waals surface area contributed by atoms with E-state index in [0.717, 1.165) is 0 Å². The fraction of sp³-hybridized carbons (Fsp3) is 0.786. The summed E-state index contributed by atoms with van der Waals surface area (Å²) in [4.78, 5) is 33.3. The molecule has 0 amide bonds. The Labute approximate surface area is 123 Å². The summed E-state index contributed by atoms with van der Waals surface area (Å²) in [7, 11) is 0. The molecule has 0 bridgehead atoms. The predicted octanol–water partition coefficient (Wildman–Crippen LogP) is 1.04. The highest BCUT2D eigenvalue weighted by Gasteiger charge is 2.45. The summed E-state index contributed by atoms with van der Waals surface area (Å²) in [6.45, 7) is 7.68.